The summed E-state index contributed by atoms with van der Waals surface area (Å²) in [4.78, 5) is 28.0. The monoisotopic (exact) mass is 470 g/mol. The highest BCUT2D eigenvalue weighted by Crippen LogP contribution is 2.20. The van der Waals surface area contributed by atoms with E-state index in [1.54, 1.807) is 19.1 Å². The van der Waals surface area contributed by atoms with Gasteiger partial charge in [0.15, 0.2) is 0 Å². The molecule has 2 amide bonds. The van der Waals surface area contributed by atoms with Gasteiger partial charge in [-0.25, -0.2) is 0 Å². The van der Waals surface area contributed by atoms with Gasteiger partial charge in [0, 0.05) is 19.0 Å². The van der Waals surface area contributed by atoms with E-state index in [1.807, 2.05) is 69.3 Å². The van der Waals surface area contributed by atoms with Gasteiger partial charge in [-0.15, -0.1) is 0 Å². The third kappa shape index (κ3) is 8.28. The highest BCUT2D eigenvalue weighted by molar-refractivity contribution is 5.87. The fourth-order valence-corrected chi connectivity index (χ4v) is 3.56. The van der Waals surface area contributed by atoms with Gasteiger partial charge in [-0.05, 0) is 68.1 Å². The molecule has 186 valence electrons. The number of nitrogens with one attached hydrogen (secondary N) is 1. The Morgan fingerprint density at radius 1 is 0.941 bits per heavy atom. The van der Waals surface area contributed by atoms with Crippen molar-refractivity contribution in [3.05, 3.63) is 54.1 Å². The number of benzene rings is 2. The van der Waals surface area contributed by atoms with Crippen molar-refractivity contribution in [2.45, 2.75) is 65.1 Å². The second-order valence-electron chi connectivity index (χ2n) is 8.24. The maximum atomic E-state index is 13.3. The number of carbonyl (C=O) groups excluding carboxylic acids is 2. The molecule has 0 aliphatic rings. The molecule has 1 N–H and O–H groups in total. The molecule has 34 heavy (non-hydrogen) atoms. The van der Waals surface area contributed by atoms with Gasteiger partial charge in [0.2, 0.25) is 11.8 Å². The van der Waals surface area contributed by atoms with Crippen LogP contribution < -0.4 is 19.5 Å². The molecule has 0 aromatic heterocycles. The number of nitrogens with zero attached hydrogens (tertiary/aromatic N) is 1. The Kier molecular flexibility index (Phi) is 11.2. The Balaban J connectivity index is 2.07. The predicted molar refractivity (Wildman–Crippen MR) is 133 cm³/mol. The largest absolute Gasteiger partial charge is 0.497 e. The summed E-state index contributed by atoms with van der Waals surface area (Å²) in [5.41, 5.74) is 0.914. The Bertz CT molecular complexity index is 900. The van der Waals surface area contributed by atoms with E-state index in [2.05, 4.69) is 5.32 Å². The molecule has 0 bridgehead atoms. The van der Waals surface area contributed by atoms with Gasteiger partial charge in [-0.3, -0.25) is 9.59 Å². The molecule has 7 nitrogen and oxygen atoms in total. The topological polar surface area (TPSA) is 77.1 Å². The SMILES string of the molecule is CC[C@H](C(=O)N[C@@H](C)CC)N(Cc1cccc(OC)c1)C(=O)CCCOc1ccc(OC)cc1. The van der Waals surface area contributed by atoms with Crippen LogP contribution in [0.15, 0.2) is 48.5 Å². The molecule has 0 aliphatic carbocycles. The Hall–Kier alpha value is -3.22. The van der Waals surface area contributed by atoms with Crippen LogP contribution in [0.2, 0.25) is 0 Å². The summed E-state index contributed by atoms with van der Waals surface area (Å²) in [6.07, 6.45) is 2.19. The number of hydrogen-bond acceptors (Lipinski definition) is 5. The zero-order valence-corrected chi connectivity index (χ0v) is 21.0. The molecule has 0 spiro atoms. The number of methoxy groups -OCH3 is 2. The minimum absolute atomic E-state index is 0.0493. The minimum atomic E-state index is -0.546. The third-order valence-electron chi connectivity index (χ3n) is 5.74. The van der Waals surface area contributed by atoms with Crippen molar-refractivity contribution in [3.63, 3.8) is 0 Å². The smallest absolute Gasteiger partial charge is 0.243 e. The van der Waals surface area contributed by atoms with Crippen LogP contribution in [0.1, 0.15) is 52.0 Å². The number of carbonyl (C=O) groups is 2. The summed E-state index contributed by atoms with van der Waals surface area (Å²) < 4.78 is 16.2. The van der Waals surface area contributed by atoms with Crippen LogP contribution in [0.3, 0.4) is 0 Å². The standard InChI is InChI=1S/C27H38N2O5/c1-6-20(3)28-27(31)25(7-2)29(19-21-10-8-11-24(18-21)33-5)26(30)12-9-17-34-23-15-13-22(32-4)14-16-23/h8,10-11,13-16,18,20,25H,6-7,9,12,17,19H2,1-5H3,(H,28,31)/t20-,25+/m0/s1. The molecule has 0 fully saturated rings. The van der Waals surface area contributed by atoms with Crippen LogP contribution in [0.25, 0.3) is 0 Å². The lowest BCUT2D eigenvalue weighted by molar-refractivity contribution is -0.141. The molecule has 0 saturated heterocycles. The molecule has 0 heterocycles. The van der Waals surface area contributed by atoms with Crippen LogP contribution >= 0.6 is 0 Å². The van der Waals surface area contributed by atoms with Gasteiger partial charge in [0.1, 0.15) is 23.3 Å². The average Bonchev–Trinajstić information content (AvgIpc) is 2.86. The van der Waals surface area contributed by atoms with E-state index in [0.29, 0.717) is 26.0 Å². The lowest BCUT2D eigenvalue weighted by Gasteiger charge is -2.31. The van der Waals surface area contributed by atoms with Crippen molar-refractivity contribution < 1.29 is 23.8 Å². The van der Waals surface area contributed by atoms with Gasteiger partial charge in [0.05, 0.1) is 20.8 Å². The second-order valence-corrected chi connectivity index (χ2v) is 8.24. The van der Waals surface area contributed by atoms with E-state index in [4.69, 9.17) is 14.2 Å². The highest BCUT2D eigenvalue weighted by Gasteiger charge is 2.29. The van der Waals surface area contributed by atoms with Crippen LogP contribution in [0, 0.1) is 0 Å². The Labute approximate surface area is 203 Å². The molecule has 7 heteroatoms. The predicted octanol–water partition coefficient (Wildman–Crippen LogP) is 4.58. The van der Waals surface area contributed by atoms with E-state index in [0.717, 1.165) is 29.2 Å². The average molecular weight is 471 g/mol. The number of amides is 2. The number of rotatable bonds is 14. The lowest BCUT2D eigenvalue weighted by atomic mass is 10.1. The summed E-state index contributed by atoms with van der Waals surface area (Å²) in [7, 11) is 3.23. The minimum Gasteiger partial charge on any atom is -0.497 e. The molecular weight excluding hydrogens is 432 g/mol. The van der Waals surface area contributed by atoms with E-state index in [1.165, 1.54) is 0 Å². The fourth-order valence-electron chi connectivity index (χ4n) is 3.56. The molecule has 2 aromatic carbocycles. The van der Waals surface area contributed by atoms with E-state index in [9.17, 15) is 9.59 Å². The fraction of sp³-hybridized carbons (Fsp3) is 0.481. The normalized spacial score (nSPS) is 12.4. The van der Waals surface area contributed by atoms with Crippen molar-refractivity contribution in [3.8, 4) is 17.2 Å². The van der Waals surface area contributed by atoms with Crippen molar-refractivity contribution in [2.75, 3.05) is 20.8 Å². The van der Waals surface area contributed by atoms with E-state index < -0.39 is 6.04 Å². The summed E-state index contributed by atoms with van der Waals surface area (Å²) in [6.45, 7) is 6.66. The highest BCUT2D eigenvalue weighted by atomic mass is 16.5. The summed E-state index contributed by atoms with van der Waals surface area (Å²) in [5.74, 6) is 2.00. The Morgan fingerprint density at radius 2 is 1.62 bits per heavy atom. The first kappa shape index (κ1) is 27.0. The molecule has 0 radical (unpaired) electrons. The van der Waals surface area contributed by atoms with Gasteiger partial charge in [-0.2, -0.15) is 0 Å². The molecule has 2 rings (SSSR count). The first-order valence-corrected chi connectivity index (χ1v) is 11.9. The maximum absolute atomic E-state index is 13.3. The van der Waals surface area contributed by atoms with Crippen molar-refractivity contribution in [2.24, 2.45) is 0 Å². The van der Waals surface area contributed by atoms with Crippen LogP contribution in [0.5, 0.6) is 17.2 Å². The first-order valence-electron chi connectivity index (χ1n) is 11.9. The van der Waals surface area contributed by atoms with Crippen molar-refractivity contribution >= 4 is 11.8 Å². The maximum Gasteiger partial charge on any atom is 0.243 e. The third-order valence-corrected chi connectivity index (χ3v) is 5.74. The van der Waals surface area contributed by atoms with Crippen molar-refractivity contribution in [1.82, 2.24) is 10.2 Å². The molecule has 2 aromatic rings. The summed E-state index contributed by atoms with van der Waals surface area (Å²) in [6, 6.07) is 14.4. The number of hydrogen-bond donors (Lipinski definition) is 1. The zero-order chi connectivity index (χ0) is 24.9. The van der Waals surface area contributed by atoms with Gasteiger partial charge in [-0.1, -0.05) is 26.0 Å². The molecule has 0 aliphatic heterocycles. The molecular formula is C27H38N2O5. The number of ether oxygens (including phenoxy) is 3. The van der Waals surface area contributed by atoms with Gasteiger partial charge >= 0.3 is 0 Å². The summed E-state index contributed by atoms with van der Waals surface area (Å²) >= 11 is 0. The second kappa shape index (κ2) is 14.1. The zero-order valence-electron chi connectivity index (χ0n) is 21.0. The lowest BCUT2D eigenvalue weighted by Crippen LogP contribution is -2.50. The molecule has 2 atom stereocenters. The molecule has 0 saturated carbocycles. The van der Waals surface area contributed by atoms with Gasteiger partial charge < -0.3 is 24.4 Å². The van der Waals surface area contributed by atoms with Gasteiger partial charge in [0.25, 0.3) is 0 Å². The first-order chi connectivity index (χ1) is 16.4. The summed E-state index contributed by atoms with van der Waals surface area (Å²) in [5, 5.41) is 3.03. The van der Waals surface area contributed by atoms with Crippen LogP contribution in [-0.2, 0) is 16.1 Å². The van der Waals surface area contributed by atoms with E-state index in [-0.39, 0.29) is 24.3 Å². The van der Waals surface area contributed by atoms with Crippen LogP contribution in [0.4, 0.5) is 0 Å². The van der Waals surface area contributed by atoms with Crippen LogP contribution in [-0.4, -0.2) is 49.6 Å². The molecule has 0 unspecified atom stereocenters. The van der Waals surface area contributed by atoms with Crippen molar-refractivity contribution in [1.29, 1.82) is 0 Å². The Morgan fingerprint density at radius 3 is 2.24 bits per heavy atom. The quantitative estimate of drug-likeness (QED) is 0.409. The van der Waals surface area contributed by atoms with E-state index >= 15 is 0 Å².